The van der Waals surface area contributed by atoms with Crippen molar-refractivity contribution in [2.45, 2.75) is 45.0 Å². The Morgan fingerprint density at radius 1 is 1.40 bits per heavy atom. The molecule has 0 radical (unpaired) electrons. The molecule has 62 valence electrons. The van der Waals surface area contributed by atoms with E-state index in [1.165, 1.54) is 0 Å². The van der Waals surface area contributed by atoms with Gasteiger partial charge in [-0.25, -0.2) is 0 Å². The summed E-state index contributed by atoms with van der Waals surface area (Å²) in [6.45, 7) is 7.17. The van der Waals surface area contributed by atoms with Gasteiger partial charge in [0.15, 0.2) is 0 Å². The van der Waals surface area contributed by atoms with Crippen molar-refractivity contribution >= 4 is 12.6 Å². The van der Waals surface area contributed by atoms with Crippen molar-refractivity contribution in [3.8, 4) is 0 Å². The first-order valence-corrected chi connectivity index (χ1v) is 4.48. The normalized spacial score (nSPS) is 16.8. The molecule has 0 rings (SSSR count). The summed E-state index contributed by atoms with van der Waals surface area (Å²) in [6, 6.07) is 0. The lowest BCUT2D eigenvalue weighted by Gasteiger charge is -2.10. The van der Waals surface area contributed by atoms with Gasteiger partial charge in [0.2, 0.25) is 0 Å². The van der Waals surface area contributed by atoms with Gasteiger partial charge in [0.1, 0.15) is 0 Å². The summed E-state index contributed by atoms with van der Waals surface area (Å²) in [5.74, 6) is 0. The van der Waals surface area contributed by atoms with Crippen LogP contribution in [0, 0.1) is 0 Å². The van der Waals surface area contributed by atoms with Crippen LogP contribution in [0.5, 0.6) is 0 Å². The highest BCUT2D eigenvalue weighted by Gasteiger charge is 1.98. The standard InChI is InChI=1S/C8H18OS/c1-4-7(2)9-6-5-8(3)10/h7-8,10H,4-6H2,1-3H3. The van der Waals surface area contributed by atoms with E-state index < -0.39 is 0 Å². The van der Waals surface area contributed by atoms with E-state index in [9.17, 15) is 0 Å². The minimum Gasteiger partial charge on any atom is -0.378 e. The van der Waals surface area contributed by atoms with Gasteiger partial charge in [-0.1, -0.05) is 13.8 Å². The lowest BCUT2D eigenvalue weighted by molar-refractivity contribution is 0.0624. The van der Waals surface area contributed by atoms with Gasteiger partial charge in [-0.05, 0) is 19.8 Å². The fourth-order valence-electron chi connectivity index (χ4n) is 0.558. The van der Waals surface area contributed by atoms with E-state index in [1.807, 2.05) is 0 Å². The van der Waals surface area contributed by atoms with Gasteiger partial charge in [-0.15, -0.1) is 0 Å². The fourth-order valence-corrected chi connectivity index (χ4v) is 0.663. The monoisotopic (exact) mass is 162 g/mol. The van der Waals surface area contributed by atoms with Crippen molar-refractivity contribution in [1.29, 1.82) is 0 Å². The van der Waals surface area contributed by atoms with Crippen LogP contribution in [0.1, 0.15) is 33.6 Å². The molecule has 0 aliphatic rings. The maximum absolute atomic E-state index is 5.45. The first kappa shape index (κ1) is 10.3. The van der Waals surface area contributed by atoms with Crippen molar-refractivity contribution in [2.24, 2.45) is 0 Å². The molecule has 0 aromatic heterocycles. The summed E-state index contributed by atoms with van der Waals surface area (Å²) < 4.78 is 5.45. The third-order valence-electron chi connectivity index (χ3n) is 1.51. The van der Waals surface area contributed by atoms with Crippen molar-refractivity contribution in [1.82, 2.24) is 0 Å². The Labute approximate surface area is 69.6 Å². The first-order valence-electron chi connectivity index (χ1n) is 3.96. The minimum atomic E-state index is 0.409. The van der Waals surface area contributed by atoms with Crippen LogP contribution >= 0.6 is 12.6 Å². The van der Waals surface area contributed by atoms with Gasteiger partial charge in [0.25, 0.3) is 0 Å². The van der Waals surface area contributed by atoms with Gasteiger partial charge in [0.05, 0.1) is 6.10 Å². The number of ether oxygens (including phenoxy) is 1. The van der Waals surface area contributed by atoms with E-state index in [0.29, 0.717) is 11.4 Å². The molecule has 0 spiro atoms. The van der Waals surface area contributed by atoms with E-state index in [-0.39, 0.29) is 0 Å². The Bertz CT molecular complexity index is 73.7. The van der Waals surface area contributed by atoms with E-state index in [1.54, 1.807) is 0 Å². The molecule has 10 heavy (non-hydrogen) atoms. The molecule has 0 bridgehead atoms. The maximum atomic E-state index is 5.45. The highest BCUT2D eigenvalue weighted by Crippen LogP contribution is 2.02. The topological polar surface area (TPSA) is 9.23 Å². The third kappa shape index (κ3) is 6.43. The second-order valence-corrected chi connectivity index (χ2v) is 3.61. The molecule has 0 amide bonds. The Morgan fingerprint density at radius 2 is 2.00 bits per heavy atom. The van der Waals surface area contributed by atoms with Gasteiger partial charge >= 0.3 is 0 Å². The Balaban J connectivity index is 3.03. The smallest absolute Gasteiger partial charge is 0.0544 e. The Hall–Kier alpha value is 0.310. The van der Waals surface area contributed by atoms with Gasteiger partial charge in [-0.2, -0.15) is 12.6 Å². The zero-order valence-corrected chi connectivity index (χ0v) is 8.03. The molecular weight excluding hydrogens is 144 g/mol. The second kappa shape index (κ2) is 6.05. The SMILES string of the molecule is CCC(C)OCCC(C)S. The summed E-state index contributed by atoms with van der Waals surface area (Å²) >= 11 is 4.25. The van der Waals surface area contributed by atoms with Crippen LogP contribution in [0.25, 0.3) is 0 Å². The van der Waals surface area contributed by atoms with Crippen LogP contribution in [-0.2, 0) is 4.74 Å². The zero-order chi connectivity index (χ0) is 7.98. The molecule has 0 saturated carbocycles. The quantitative estimate of drug-likeness (QED) is 0.611. The minimum absolute atomic E-state index is 0.409. The lowest BCUT2D eigenvalue weighted by atomic mass is 10.3. The predicted octanol–water partition coefficient (Wildman–Crippen LogP) is 2.51. The van der Waals surface area contributed by atoms with Crippen molar-refractivity contribution in [3.05, 3.63) is 0 Å². The van der Waals surface area contributed by atoms with E-state index >= 15 is 0 Å². The number of hydrogen-bond acceptors (Lipinski definition) is 2. The fraction of sp³-hybridized carbons (Fsp3) is 1.00. The van der Waals surface area contributed by atoms with Crippen LogP contribution in [0.4, 0.5) is 0 Å². The molecule has 2 unspecified atom stereocenters. The molecule has 0 aliphatic heterocycles. The van der Waals surface area contributed by atoms with Crippen LogP contribution in [0.2, 0.25) is 0 Å². The van der Waals surface area contributed by atoms with Gasteiger partial charge in [0, 0.05) is 11.9 Å². The zero-order valence-electron chi connectivity index (χ0n) is 7.13. The highest BCUT2D eigenvalue weighted by molar-refractivity contribution is 7.80. The molecule has 0 heterocycles. The summed E-state index contributed by atoms with van der Waals surface area (Å²) in [7, 11) is 0. The lowest BCUT2D eigenvalue weighted by Crippen LogP contribution is -2.09. The number of hydrogen-bond donors (Lipinski definition) is 1. The number of thiol groups is 1. The van der Waals surface area contributed by atoms with E-state index in [4.69, 9.17) is 4.74 Å². The Kier molecular flexibility index (Phi) is 6.24. The van der Waals surface area contributed by atoms with Crippen LogP contribution in [0.3, 0.4) is 0 Å². The molecule has 0 aromatic rings. The van der Waals surface area contributed by atoms with E-state index in [0.717, 1.165) is 19.4 Å². The van der Waals surface area contributed by atoms with Gasteiger partial charge in [-0.3, -0.25) is 0 Å². The van der Waals surface area contributed by atoms with Crippen LogP contribution < -0.4 is 0 Å². The molecule has 0 aromatic carbocycles. The molecule has 0 saturated heterocycles. The van der Waals surface area contributed by atoms with Crippen molar-refractivity contribution in [2.75, 3.05) is 6.61 Å². The predicted molar refractivity (Wildman–Crippen MR) is 48.8 cm³/mol. The highest BCUT2D eigenvalue weighted by atomic mass is 32.1. The molecule has 0 fully saturated rings. The average Bonchev–Trinajstić information content (AvgIpc) is 1.87. The molecule has 0 N–H and O–H groups in total. The molecular formula is C8H18OS. The summed E-state index contributed by atoms with van der Waals surface area (Å²) in [5, 5.41) is 0.462. The number of rotatable bonds is 5. The summed E-state index contributed by atoms with van der Waals surface area (Å²) in [5.41, 5.74) is 0. The maximum Gasteiger partial charge on any atom is 0.0544 e. The van der Waals surface area contributed by atoms with Crippen molar-refractivity contribution in [3.63, 3.8) is 0 Å². The second-order valence-electron chi connectivity index (χ2n) is 2.73. The first-order chi connectivity index (χ1) is 4.66. The largest absolute Gasteiger partial charge is 0.378 e. The molecule has 2 atom stereocenters. The summed E-state index contributed by atoms with van der Waals surface area (Å²) in [4.78, 5) is 0. The van der Waals surface area contributed by atoms with E-state index in [2.05, 4.69) is 33.4 Å². The average molecular weight is 162 g/mol. The van der Waals surface area contributed by atoms with Gasteiger partial charge < -0.3 is 4.74 Å². The molecule has 2 heteroatoms. The molecule has 1 nitrogen and oxygen atoms in total. The summed E-state index contributed by atoms with van der Waals surface area (Å²) in [6.07, 6.45) is 2.56. The van der Waals surface area contributed by atoms with Crippen LogP contribution in [0.15, 0.2) is 0 Å². The third-order valence-corrected chi connectivity index (χ3v) is 1.77. The molecule has 0 aliphatic carbocycles. The van der Waals surface area contributed by atoms with Crippen LogP contribution in [-0.4, -0.2) is 18.0 Å². The van der Waals surface area contributed by atoms with Crippen molar-refractivity contribution < 1.29 is 4.74 Å². The Morgan fingerprint density at radius 3 is 2.40 bits per heavy atom.